The Morgan fingerprint density at radius 2 is 1.67 bits per heavy atom. The Balaban J connectivity index is 1.47. The second-order valence-electron chi connectivity index (χ2n) is 5.87. The van der Waals surface area contributed by atoms with Gasteiger partial charge >= 0.3 is 0 Å². The lowest BCUT2D eigenvalue weighted by molar-refractivity contribution is -0.115. The van der Waals surface area contributed by atoms with Gasteiger partial charge in [-0.25, -0.2) is 9.97 Å². The number of thioether (sulfide) groups is 1. The first-order valence-electron chi connectivity index (χ1n) is 8.31. The van der Waals surface area contributed by atoms with Crippen LogP contribution in [0.2, 0.25) is 0 Å². The molecule has 3 heterocycles. The van der Waals surface area contributed by atoms with Gasteiger partial charge in [0, 0.05) is 9.79 Å². The summed E-state index contributed by atoms with van der Waals surface area (Å²) in [5.74, 6) is 0.362. The van der Waals surface area contributed by atoms with Crippen molar-refractivity contribution in [3.05, 3.63) is 66.3 Å². The van der Waals surface area contributed by atoms with Gasteiger partial charge in [-0.1, -0.05) is 47.8 Å². The third-order valence-electron chi connectivity index (χ3n) is 4.22. The van der Waals surface area contributed by atoms with E-state index in [9.17, 15) is 4.79 Å². The fraction of sp³-hybridized carbons (Fsp3) is 0.0500. The van der Waals surface area contributed by atoms with E-state index in [1.165, 1.54) is 11.8 Å². The van der Waals surface area contributed by atoms with Crippen molar-refractivity contribution < 1.29 is 4.79 Å². The smallest absolute Gasteiger partial charge is 0.242 e. The molecule has 0 N–H and O–H groups in total. The third-order valence-corrected chi connectivity index (χ3v) is 7.37. The van der Waals surface area contributed by atoms with E-state index in [-0.39, 0.29) is 5.91 Å². The van der Waals surface area contributed by atoms with Gasteiger partial charge in [-0.15, -0.1) is 11.3 Å². The molecule has 27 heavy (non-hydrogen) atoms. The highest BCUT2D eigenvalue weighted by Crippen LogP contribution is 2.48. The Morgan fingerprint density at radius 1 is 0.963 bits per heavy atom. The molecule has 1 aliphatic rings. The molecule has 1 amide bonds. The molecule has 0 saturated heterocycles. The number of thiophene rings is 1. The minimum atomic E-state index is 0.0449. The molecule has 4 nitrogen and oxygen atoms in total. The standard InChI is InChI=1S/C20H13N3OS3/c24-18(11-26-20-19-13(9-10-25-19)21-12-22-20)23-14-5-1-3-7-16(14)27-17-8-4-2-6-15(17)23/h1-10,12H,11H2. The van der Waals surface area contributed by atoms with Crippen LogP contribution < -0.4 is 4.90 Å². The molecule has 0 aliphatic carbocycles. The second-order valence-corrected chi connectivity index (χ2v) is 8.83. The lowest BCUT2D eigenvalue weighted by Crippen LogP contribution is -2.30. The fourth-order valence-electron chi connectivity index (χ4n) is 3.04. The summed E-state index contributed by atoms with van der Waals surface area (Å²) in [6, 6.07) is 18.1. The predicted molar refractivity (Wildman–Crippen MR) is 112 cm³/mol. The number of anilines is 2. The van der Waals surface area contributed by atoms with Crippen molar-refractivity contribution in [2.24, 2.45) is 0 Å². The largest absolute Gasteiger partial charge is 0.278 e. The summed E-state index contributed by atoms with van der Waals surface area (Å²) in [4.78, 5) is 25.9. The number of amides is 1. The van der Waals surface area contributed by atoms with Gasteiger partial charge in [0.1, 0.15) is 11.4 Å². The van der Waals surface area contributed by atoms with Gasteiger partial charge in [-0.3, -0.25) is 9.69 Å². The molecule has 5 rings (SSSR count). The number of carbonyl (C=O) groups excluding carboxylic acids is 1. The van der Waals surface area contributed by atoms with Crippen LogP contribution in [0.15, 0.2) is 81.1 Å². The number of hydrogen-bond donors (Lipinski definition) is 0. The number of rotatable bonds is 3. The molecule has 4 aromatic rings. The van der Waals surface area contributed by atoms with E-state index in [1.54, 1.807) is 29.4 Å². The van der Waals surface area contributed by atoms with Crippen LogP contribution in [-0.4, -0.2) is 21.6 Å². The summed E-state index contributed by atoms with van der Waals surface area (Å²) in [7, 11) is 0. The minimum Gasteiger partial charge on any atom is -0.278 e. The molecule has 0 unspecified atom stereocenters. The van der Waals surface area contributed by atoms with E-state index in [2.05, 4.69) is 22.1 Å². The van der Waals surface area contributed by atoms with Crippen LogP contribution in [0.1, 0.15) is 0 Å². The highest BCUT2D eigenvalue weighted by atomic mass is 32.2. The van der Waals surface area contributed by atoms with Crippen LogP contribution in [0, 0.1) is 0 Å². The average Bonchev–Trinajstić information content (AvgIpc) is 3.19. The lowest BCUT2D eigenvalue weighted by atomic mass is 10.2. The van der Waals surface area contributed by atoms with Crippen molar-refractivity contribution in [2.75, 3.05) is 10.7 Å². The van der Waals surface area contributed by atoms with Gasteiger partial charge < -0.3 is 0 Å². The maximum absolute atomic E-state index is 13.2. The van der Waals surface area contributed by atoms with Crippen LogP contribution in [0.25, 0.3) is 10.2 Å². The van der Waals surface area contributed by atoms with Crippen LogP contribution in [0.3, 0.4) is 0 Å². The van der Waals surface area contributed by atoms with Crippen molar-refractivity contribution >= 4 is 62.4 Å². The summed E-state index contributed by atoms with van der Waals surface area (Å²) >= 11 is 4.77. The topological polar surface area (TPSA) is 46.1 Å². The highest BCUT2D eigenvalue weighted by Gasteiger charge is 2.27. The minimum absolute atomic E-state index is 0.0449. The van der Waals surface area contributed by atoms with E-state index in [0.29, 0.717) is 5.75 Å². The molecular formula is C20H13N3OS3. The van der Waals surface area contributed by atoms with E-state index in [4.69, 9.17) is 0 Å². The molecule has 0 atom stereocenters. The normalized spacial score (nSPS) is 12.7. The Morgan fingerprint density at radius 3 is 2.41 bits per heavy atom. The summed E-state index contributed by atoms with van der Waals surface area (Å²) < 4.78 is 1.03. The van der Waals surface area contributed by atoms with Crippen molar-refractivity contribution in [1.29, 1.82) is 0 Å². The van der Waals surface area contributed by atoms with Crippen molar-refractivity contribution in [3.63, 3.8) is 0 Å². The predicted octanol–water partition coefficient (Wildman–Crippen LogP) is 5.61. The van der Waals surface area contributed by atoms with E-state index in [1.807, 2.05) is 52.7 Å². The SMILES string of the molecule is O=C(CSc1ncnc2ccsc12)N1c2ccccc2Sc2ccccc21. The lowest BCUT2D eigenvalue weighted by Gasteiger charge is -2.30. The zero-order valence-electron chi connectivity index (χ0n) is 14.0. The zero-order valence-corrected chi connectivity index (χ0v) is 16.5. The van der Waals surface area contributed by atoms with Crippen LogP contribution >= 0.6 is 34.9 Å². The molecular weight excluding hydrogens is 394 g/mol. The molecule has 0 fully saturated rings. The summed E-state index contributed by atoms with van der Waals surface area (Å²) in [6.07, 6.45) is 1.56. The number of carbonyl (C=O) groups is 1. The molecule has 0 radical (unpaired) electrons. The zero-order chi connectivity index (χ0) is 18.2. The highest BCUT2D eigenvalue weighted by molar-refractivity contribution is 8.00. The number of fused-ring (bicyclic) bond motifs is 3. The number of para-hydroxylation sites is 2. The fourth-order valence-corrected chi connectivity index (χ4v) is 5.89. The Kier molecular flexibility index (Phi) is 4.35. The molecule has 2 aromatic carbocycles. The number of hydrogen-bond acceptors (Lipinski definition) is 6. The Bertz CT molecular complexity index is 1110. The van der Waals surface area contributed by atoms with E-state index >= 15 is 0 Å². The first-order chi connectivity index (χ1) is 13.3. The van der Waals surface area contributed by atoms with Gasteiger partial charge in [-0.05, 0) is 35.7 Å². The second kappa shape index (κ2) is 6.99. The monoisotopic (exact) mass is 407 g/mol. The van der Waals surface area contributed by atoms with Gasteiger partial charge in [-0.2, -0.15) is 0 Å². The summed E-state index contributed by atoms with van der Waals surface area (Å²) in [6.45, 7) is 0. The summed E-state index contributed by atoms with van der Waals surface area (Å²) in [5, 5.41) is 2.86. The number of nitrogens with zero attached hydrogens (tertiary/aromatic N) is 3. The number of benzene rings is 2. The van der Waals surface area contributed by atoms with Crippen LogP contribution in [0.5, 0.6) is 0 Å². The van der Waals surface area contributed by atoms with Crippen molar-refractivity contribution in [3.8, 4) is 0 Å². The van der Waals surface area contributed by atoms with Gasteiger partial charge in [0.05, 0.1) is 27.3 Å². The third kappa shape index (κ3) is 3.01. The molecule has 0 spiro atoms. The molecule has 0 saturated carbocycles. The first-order valence-corrected chi connectivity index (χ1v) is 11.0. The molecule has 1 aliphatic heterocycles. The number of aromatic nitrogens is 2. The maximum atomic E-state index is 13.2. The van der Waals surface area contributed by atoms with Crippen molar-refractivity contribution in [2.45, 2.75) is 14.8 Å². The van der Waals surface area contributed by atoms with E-state index < -0.39 is 0 Å². The maximum Gasteiger partial charge on any atom is 0.242 e. The van der Waals surface area contributed by atoms with Crippen LogP contribution in [-0.2, 0) is 4.79 Å². The Hall–Kier alpha value is -2.35. The first kappa shape index (κ1) is 16.8. The molecule has 132 valence electrons. The molecule has 2 aromatic heterocycles. The van der Waals surface area contributed by atoms with Crippen LogP contribution in [0.4, 0.5) is 11.4 Å². The summed E-state index contributed by atoms with van der Waals surface area (Å²) in [5.41, 5.74) is 2.81. The van der Waals surface area contributed by atoms with E-state index in [0.717, 1.165) is 36.4 Å². The van der Waals surface area contributed by atoms with Gasteiger partial charge in [0.25, 0.3) is 0 Å². The molecule has 0 bridgehead atoms. The molecule has 7 heteroatoms. The van der Waals surface area contributed by atoms with Gasteiger partial charge in [0.15, 0.2) is 0 Å². The van der Waals surface area contributed by atoms with Crippen molar-refractivity contribution in [1.82, 2.24) is 9.97 Å². The Labute approximate surface area is 168 Å². The quantitative estimate of drug-likeness (QED) is 0.326. The van der Waals surface area contributed by atoms with Gasteiger partial charge in [0.2, 0.25) is 5.91 Å². The average molecular weight is 408 g/mol.